The van der Waals surface area contributed by atoms with Crippen molar-refractivity contribution >= 4 is 17.9 Å². The Bertz CT molecular complexity index is 1440. The molecule has 0 aliphatic carbocycles. The van der Waals surface area contributed by atoms with E-state index in [4.69, 9.17) is 14.2 Å². The summed E-state index contributed by atoms with van der Waals surface area (Å²) in [5.74, 6) is -1.04. The van der Waals surface area contributed by atoms with Gasteiger partial charge in [0.1, 0.15) is 13.2 Å². The van der Waals surface area contributed by atoms with Gasteiger partial charge in [0.25, 0.3) is 0 Å². The summed E-state index contributed by atoms with van der Waals surface area (Å²) >= 11 is 0. The van der Waals surface area contributed by atoms with E-state index in [0.717, 1.165) is 103 Å². The SMILES string of the molecule is CC\C=C/C=C\C=C/C=C\C=C\C=C/CCCCCC(=O)OCC(COC(=O)CCCCC/C=C\C=C/CCCC)OC(=O)CCCCC/C=C\C/C=C\C/C=C\C/C=C\CC. The van der Waals surface area contributed by atoms with Crippen LogP contribution in [0.4, 0.5) is 0 Å². The lowest BCUT2D eigenvalue weighted by Gasteiger charge is -2.18. The quantitative estimate of drug-likeness (QED) is 0.0201. The van der Waals surface area contributed by atoms with E-state index in [1.165, 1.54) is 12.8 Å². The fraction of sp³-hybridized carbons (Fsp3) is 0.518. The number of allylic oxidation sites excluding steroid dienone is 24. The minimum absolute atomic E-state index is 0.127. The Morgan fingerprint density at radius 3 is 1.16 bits per heavy atom. The van der Waals surface area contributed by atoms with Gasteiger partial charge < -0.3 is 14.2 Å². The monoisotopic (exact) mass is 853 g/mol. The van der Waals surface area contributed by atoms with Crippen LogP contribution in [0.3, 0.4) is 0 Å². The summed E-state index contributed by atoms with van der Waals surface area (Å²) in [7, 11) is 0. The Morgan fingerprint density at radius 1 is 0.355 bits per heavy atom. The molecule has 0 aliphatic rings. The molecule has 0 saturated heterocycles. The average Bonchev–Trinajstić information content (AvgIpc) is 3.27. The maximum Gasteiger partial charge on any atom is 0.306 e. The first-order chi connectivity index (χ1) is 30.5. The van der Waals surface area contributed by atoms with Crippen LogP contribution in [-0.4, -0.2) is 37.2 Å². The molecule has 0 aromatic rings. The highest BCUT2D eigenvalue weighted by Crippen LogP contribution is 2.11. The van der Waals surface area contributed by atoms with Gasteiger partial charge in [-0.2, -0.15) is 0 Å². The molecule has 0 rings (SSSR count). The largest absolute Gasteiger partial charge is 0.462 e. The summed E-state index contributed by atoms with van der Waals surface area (Å²) in [5.41, 5.74) is 0. The van der Waals surface area contributed by atoms with Crippen molar-refractivity contribution in [1.82, 2.24) is 0 Å². The first kappa shape index (κ1) is 57.3. The number of unbranched alkanes of at least 4 members (excludes halogenated alkanes) is 11. The molecular formula is C56H84O6. The highest BCUT2D eigenvalue weighted by Gasteiger charge is 2.19. The van der Waals surface area contributed by atoms with Crippen molar-refractivity contribution in [2.45, 2.75) is 175 Å². The molecule has 6 nitrogen and oxygen atoms in total. The molecular weight excluding hydrogens is 769 g/mol. The van der Waals surface area contributed by atoms with Gasteiger partial charge in [-0.15, -0.1) is 0 Å². The van der Waals surface area contributed by atoms with Crippen LogP contribution in [0, 0.1) is 0 Å². The predicted molar refractivity (Wildman–Crippen MR) is 265 cm³/mol. The van der Waals surface area contributed by atoms with E-state index in [2.05, 4.69) is 106 Å². The Hall–Kier alpha value is -4.71. The van der Waals surface area contributed by atoms with Gasteiger partial charge in [0.2, 0.25) is 0 Å². The summed E-state index contributed by atoms with van der Waals surface area (Å²) in [6.45, 7) is 6.19. The van der Waals surface area contributed by atoms with Crippen molar-refractivity contribution in [2.75, 3.05) is 13.2 Å². The number of carbonyl (C=O) groups excluding carboxylic acids is 3. The molecule has 6 heteroatoms. The first-order valence-electron chi connectivity index (χ1n) is 23.9. The van der Waals surface area contributed by atoms with Crippen LogP contribution in [0.5, 0.6) is 0 Å². The maximum atomic E-state index is 12.8. The summed E-state index contributed by atoms with van der Waals surface area (Å²) in [6.07, 6.45) is 69.7. The zero-order valence-corrected chi connectivity index (χ0v) is 39.1. The Labute approximate surface area is 378 Å². The fourth-order valence-electron chi connectivity index (χ4n) is 5.67. The van der Waals surface area contributed by atoms with Gasteiger partial charge in [-0.1, -0.05) is 199 Å². The molecule has 0 saturated carbocycles. The second kappa shape index (κ2) is 49.0. The highest BCUT2D eigenvalue weighted by molar-refractivity contribution is 5.71. The van der Waals surface area contributed by atoms with Gasteiger partial charge in [0, 0.05) is 19.3 Å². The van der Waals surface area contributed by atoms with Crippen LogP contribution in [0.2, 0.25) is 0 Å². The van der Waals surface area contributed by atoms with Gasteiger partial charge >= 0.3 is 17.9 Å². The third-order valence-electron chi connectivity index (χ3n) is 9.25. The lowest BCUT2D eigenvalue weighted by atomic mass is 10.1. The summed E-state index contributed by atoms with van der Waals surface area (Å²) in [5, 5.41) is 0. The maximum absolute atomic E-state index is 12.8. The number of hydrogen-bond donors (Lipinski definition) is 0. The van der Waals surface area contributed by atoms with E-state index in [-0.39, 0.29) is 44.0 Å². The lowest BCUT2D eigenvalue weighted by Crippen LogP contribution is -2.30. The van der Waals surface area contributed by atoms with E-state index >= 15 is 0 Å². The predicted octanol–water partition coefficient (Wildman–Crippen LogP) is 15.7. The second-order valence-electron chi connectivity index (χ2n) is 15.1. The highest BCUT2D eigenvalue weighted by atomic mass is 16.6. The minimum atomic E-state index is -0.829. The van der Waals surface area contributed by atoms with E-state index in [1.807, 2.05) is 60.8 Å². The second-order valence-corrected chi connectivity index (χ2v) is 15.1. The van der Waals surface area contributed by atoms with Crippen LogP contribution >= 0.6 is 0 Å². The number of rotatable bonds is 40. The first-order valence-corrected chi connectivity index (χ1v) is 23.9. The average molecular weight is 853 g/mol. The standard InChI is InChI=1S/C56H84O6/c1-4-7-10-13-16-19-22-24-26-28-30-31-34-37-40-43-46-49-55(58)61-52-53(51-60-54(57)48-45-42-39-36-33-21-18-15-12-9-6-3)62-56(59)50-47-44-41-38-35-32-29-27-25-23-20-17-14-11-8-5-2/h7-8,10-11,13,15-22,24-28,30-35,53H,4-6,9,12,14,23,29,36-52H2,1-3H3/b10-7-,11-8-,16-13-,18-15-,20-17-,22-19-,26-24-,27-25-,30-28+,33-21-,34-31-,35-32-. The molecule has 0 N–H and O–H groups in total. The summed E-state index contributed by atoms with van der Waals surface area (Å²) in [6, 6.07) is 0. The van der Waals surface area contributed by atoms with Crippen LogP contribution in [0.15, 0.2) is 146 Å². The van der Waals surface area contributed by atoms with E-state index in [1.54, 1.807) is 0 Å². The van der Waals surface area contributed by atoms with Gasteiger partial charge in [0.15, 0.2) is 6.10 Å². The molecule has 62 heavy (non-hydrogen) atoms. The van der Waals surface area contributed by atoms with Crippen molar-refractivity contribution in [3.63, 3.8) is 0 Å². The molecule has 0 aromatic carbocycles. The minimum Gasteiger partial charge on any atom is -0.462 e. The van der Waals surface area contributed by atoms with Crippen molar-refractivity contribution in [3.8, 4) is 0 Å². The van der Waals surface area contributed by atoms with Gasteiger partial charge in [-0.25, -0.2) is 0 Å². The van der Waals surface area contributed by atoms with Crippen LogP contribution in [0.25, 0.3) is 0 Å². The molecule has 1 atom stereocenters. The van der Waals surface area contributed by atoms with Crippen LogP contribution < -0.4 is 0 Å². The van der Waals surface area contributed by atoms with E-state index in [0.29, 0.717) is 19.3 Å². The molecule has 344 valence electrons. The topological polar surface area (TPSA) is 78.9 Å². The number of ether oxygens (including phenoxy) is 3. The van der Waals surface area contributed by atoms with Crippen LogP contribution in [0.1, 0.15) is 168 Å². The molecule has 0 aromatic heterocycles. The van der Waals surface area contributed by atoms with Crippen molar-refractivity contribution in [3.05, 3.63) is 146 Å². The zero-order valence-electron chi connectivity index (χ0n) is 39.1. The Balaban J connectivity index is 4.60. The van der Waals surface area contributed by atoms with E-state index < -0.39 is 6.10 Å². The molecule has 0 radical (unpaired) electrons. The molecule has 0 aliphatic heterocycles. The number of esters is 3. The van der Waals surface area contributed by atoms with Crippen molar-refractivity contribution < 1.29 is 28.6 Å². The number of hydrogen-bond acceptors (Lipinski definition) is 6. The third kappa shape index (κ3) is 46.4. The Morgan fingerprint density at radius 2 is 0.710 bits per heavy atom. The van der Waals surface area contributed by atoms with E-state index in [9.17, 15) is 14.4 Å². The Kier molecular flexibility index (Phi) is 45.2. The normalized spacial score (nSPS) is 13.4. The van der Waals surface area contributed by atoms with Crippen molar-refractivity contribution in [1.29, 1.82) is 0 Å². The lowest BCUT2D eigenvalue weighted by molar-refractivity contribution is -0.167. The molecule has 0 spiro atoms. The molecule has 0 heterocycles. The van der Waals surface area contributed by atoms with Gasteiger partial charge in [-0.05, 0) is 96.3 Å². The molecule has 0 amide bonds. The molecule has 0 fully saturated rings. The van der Waals surface area contributed by atoms with Gasteiger partial charge in [0.05, 0.1) is 0 Å². The fourth-order valence-corrected chi connectivity index (χ4v) is 5.67. The molecule has 0 bridgehead atoms. The number of carbonyl (C=O) groups is 3. The smallest absolute Gasteiger partial charge is 0.306 e. The van der Waals surface area contributed by atoms with Gasteiger partial charge in [-0.3, -0.25) is 14.4 Å². The summed E-state index contributed by atoms with van der Waals surface area (Å²) < 4.78 is 16.7. The summed E-state index contributed by atoms with van der Waals surface area (Å²) in [4.78, 5) is 37.9. The zero-order chi connectivity index (χ0) is 45.1. The molecule has 1 unspecified atom stereocenters. The third-order valence-corrected chi connectivity index (χ3v) is 9.25. The van der Waals surface area contributed by atoms with Crippen LogP contribution in [-0.2, 0) is 28.6 Å². The van der Waals surface area contributed by atoms with Crippen molar-refractivity contribution in [2.24, 2.45) is 0 Å².